The molecule has 0 saturated carbocycles. The molecule has 3 aromatic rings. The van der Waals surface area contributed by atoms with Gasteiger partial charge in [-0.2, -0.15) is 5.10 Å². The van der Waals surface area contributed by atoms with Crippen molar-refractivity contribution >= 4 is 22.8 Å². The van der Waals surface area contributed by atoms with Crippen LogP contribution in [0.3, 0.4) is 0 Å². The minimum Gasteiger partial charge on any atom is -0.369 e. The topological polar surface area (TPSA) is 84.7 Å². The number of anilines is 1. The monoisotopic (exact) mass is 352 g/mol. The van der Waals surface area contributed by atoms with E-state index < -0.39 is 0 Å². The molecule has 0 spiro atoms. The lowest BCUT2D eigenvalue weighted by Crippen LogP contribution is -2.30. The number of amides is 1. The molecule has 0 saturated heterocycles. The van der Waals surface area contributed by atoms with Gasteiger partial charge in [-0.1, -0.05) is 44.2 Å². The van der Waals surface area contributed by atoms with Crippen molar-refractivity contribution in [3.63, 3.8) is 0 Å². The van der Waals surface area contributed by atoms with E-state index in [-0.39, 0.29) is 11.8 Å². The number of aromatic nitrogens is 4. The molecule has 0 bridgehead atoms. The van der Waals surface area contributed by atoms with Crippen molar-refractivity contribution in [3.05, 3.63) is 48.4 Å². The average Bonchev–Trinajstić information content (AvgIpc) is 3.06. The summed E-state index contributed by atoms with van der Waals surface area (Å²) in [4.78, 5) is 20.3. The van der Waals surface area contributed by atoms with Crippen molar-refractivity contribution in [3.8, 4) is 0 Å². The molecule has 136 valence electrons. The SMILES string of the molecule is CC(C)C(=O)NCCn1ncc2c(NCCc3ccccc3)ncnc21. The van der Waals surface area contributed by atoms with E-state index in [9.17, 15) is 4.79 Å². The highest BCUT2D eigenvalue weighted by Crippen LogP contribution is 2.18. The second kappa shape index (κ2) is 8.42. The molecule has 0 unspecified atom stereocenters. The Balaban J connectivity index is 1.61. The molecule has 0 fully saturated rings. The molecule has 0 radical (unpaired) electrons. The van der Waals surface area contributed by atoms with Gasteiger partial charge in [-0.15, -0.1) is 0 Å². The average molecular weight is 352 g/mol. The number of hydrogen-bond acceptors (Lipinski definition) is 5. The molecule has 7 heteroatoms. The number of hydrogen-bond donors (Lipinski definition) is 2. The molecule has 0 aliphatic carbocycles. The standard InChI is InChI=1S/C19H24N6O/c1-14(2)19(26)21-10-11-25-18-16(12-24-25)17(22-13-23-18)20-9-8-15-6-4-3-5-7-15/h3-7,12-14H,8-11H2,1-2H3,(H,21,26)(H,20,22,23). The fourth-order valence-corrected chi connectivity index (χ4v) is 2.66. The Morgan fingerprint density at radius 3 is 2.73 bits per heavy atom. The lowest BCUT2D eigenvalue weighted by atomic mass is 10.1. The van der Waals surface area contributed by atoms with Gasteiger partial charge >= 0.3 is 0 Å². The molecule has 2 aromatic heterocycles. The third-order valence-corrected chi connectivity index (χ3v) is 4.13. The van der Waals surface area contributed by atoms with Crippen LogP contribution in [-0.4, -0.2) is 38.7 Å². The summed E-state index contributed by atoms with van der Waals surface area (Å²) in [6.07, 6.45) is 4.23. The molecule has 2 heterocycles. The van der Waals surface area contributed by atoms with Crippen LogP contribution in [0.5, 0.6) is 0 Å². The number of nitrogens with one attached hydrogen (secondary N) is 2. The Morgan fingerprint density at radius 2 is 1.96 bits per heavy atom. The third kappa shape index (κ3) is 4.36. The van der Waals surface area contributed by atoms with Gasteiger partial charge in [-0.25, -0.2) is 14.6 Å². The Morgan fingerprint density at radius 1 is 1.15 bits per heavy atom. The van der Waals surface area contributed by atoms with E-state index in [1.165, 1.54) is 11.9 Å². The first-order valence-electron chi connectivity index (χ1n) is 8.87. The van der Waals surface area contributed by atoms with Crippen molar-refractivity contribution in [2.24, 2.45) is 5.92 Å². The van der Waals surface area contributed by atoms with Gasteiger partial charge in [0.15, 0.2) is 5.65 Å². The van der Waals surface area contributed by atoms with Crippen molar-refractivity contribution in [1.82, 2.24) is 25.1 Å². The molecule has 0 aliphatic rings. The molecule has 1 amide bonds. The van der Waals surface area contributed by atoms with Gasteiger partial charge in [0.1, 0.15) is 12.1 Å². The van der Waals surface area contributed by atoms with E-state index in [0.29, 0.717) is 13.1 Å². The van der Waals surface area contributed by atoms with Gasteiger partial charge in [0, 0.05) is 19.0 Å². The number of carbonyl (C=O) groups is 1. The summed E-state index contributed by atoms with van der Waals surface area (Å²) in [7, 11) is 0. The van der Waals surface area contributed by atoms with Crippen molar-refractivity contribution < 1.29 is 4.79 Å². The molecule has 0 atom stereocenters. The molecule has 1 aromatic carbocycles. The van der Waals surface area contributed by atoms with E-state index in [4.69, 9.17) is 0 Å². The zero-order chi connectivity index (χ0) is 18.4. The third-order valence-electron chi connectivity index (χ3n) is 4.13. The van der Waals surface area contributed by atoms with Crippen LogP contribution in [0.25, 0.3) is 11.0 Å². The summed E-state index contributed by atoms with van der Waals surface area (Å²) < 4.78 is 1.79. The van der Waals surface area contributed by atoms with Gasteiger partial charge < -0.3 is 10.6 Å². The first kappa shape index (κ1) is 17.8. The van der Waals surface area contributed by atoms with E-state index in [1.807, 2.05) is 32.0 Å². The van der Waals surface area contributed by atoms with Gasteiger partial charge in [0.2, 0.25) is 5.91 Å². The summed E-state index contributed by atoms with van der Waals surface area (Å²) in [5.41, 5.74) is 2.04. The zero-order valence-corrected chi connectivity index (χ0v) is 15.1. The Kier molecular flexibility index (Phi) is 5.78. The van der Waals surface area contributed by atoms with Crippen molar-refractivity contribution in [2.45, 2.75) is 26.8 Å². The zero-order valence-electron chi connectivity index (χ0n) is 15.1. The minimum absolute atomic E-state index is 0.0212. The van der Waals surface area contributed by atoms with Crippen LogP contribution in [0.2, 0.25) is 0 Å². The van der Waals surface area contributed by atoms with Crippen LogP contribution in [0.4, 0.5) is 5.82 Å². The fourth-order valence-electron chi connectivity index (χ4n) is 2.66. The maximum atomic E-state index is 11.6. The Labute approximate surface area is 152 Å². The summed E-state index contributed by atoms with van der Waals surface area (Å²) in [5.74, 6) is 0.801. The molecule has 2 N–H and O–H groups in total. The van der Waals surface area contributed by atoms with Crippen molar-refractivity contribution in [2.75, 3.05) is 18.4 Å². The number of fused-ring (bicyclic) bond motifs is 1. The first-order valence-corrected chi connectivity index (χ1v) is 8.87. The van der Waals surface area contributed by atoms with Gasteiger partial charge in [0.25, 0.3) is 0 Å². The van der Waals surface area contributed by atoms with Gasteiger partial charge in [-0.05, 0) is 12.0 Å². The van der Waals surface area contributed by atoms with E-state index in [1.54, 1.807) is 10.9 Å². The minimum atomic E-state index is -0.0212. The largest absolute Gasteiger partial charge is 0.369 e. The number of benzene rings is 1. The Hall–Kier alpha value is -2.96. The highest BCUT2D eigenvalue weighted by molar-refractivity contribution is 5.86. The van der Waals surface area contributed by atoms with Gasteiger partial charge in [0.05, 0.1) is 18.1 Å². The smallest absolute Gasteiger partial charge is 0.222 e. The van der Waals surface area contributed by atoms with Crippen LogP contribution in [-0.2, 0) is 17.8 Å². The maximum absolute atomic E-state index is 11.6. The van der Waals surface area contributed by atoms with Crippen LogP contribution in [0.15, 0.2) is 42.9 Å². The quantitative estimate of drug-likeness (QED) is 0.649. The van der Waals surface area contributed by atoms with Crippen LogP contribution in [0, 0.1) is 5.92 Å². The maximum Gasteiger partial charge on any atom is 0.222 e. The Bertz CT molecular complexity index is 859. The summed E-state index contributed by atoms with van der Waals surface area (Å²) in [6.45, 7) is 5.63. The van der Waals surface area contributed by atoms with Crippen LogP contribution < -0.4 is 10.6 Å². The van der Waals surface area contributed by atoms with Gasteiger partial charge in [-0.3, -0.25) is 4.79 Å². The highest BCUT2D eigenvalue weighted by atomic mass is 16.1. The molecule has 7 nitrogen and oxygen atoms in total. The molecule has 3 rings (SSSR count). The lowest BCUT2D eigenvalue weighted by Gasteiger charge is -2.09. The van der Waals surface area contributed by atoms with Crippen LogP contribution in [0.1, 0.15) is 19.4 Å². The molecular weight excluding hydrogens is 328 g/mol. The number of carbonyl (C=O) groups excluding carboxylic acids is 1. The second-order valence-electron chi connectivity index (χ2n) is 6.44. The predicted molar refractivity (Wildman–Crippen MR) is 102 cm³/mol. The van der Waals surface area contributed by atoms with Crippen molar-refractivity contribution in [1.29, 1.82) is 0 Å². The number of nitrogens with zero attached hydrogens (tertiary/aromatic N) is 4. The summed E-state index contributed by atoms with van der Waals surface area (Å²) in [5, 5.41) is 11.5. The highest BCUT2D eigenvalue weighted by Gasteiger charge is 2.10. The lowest BCUT2D eigenvalue weighted by molar-refractivity contribution is -0.124. The summed E-state index contributed by atoms with van der Waals surface area (Å²) >= 11 is 0. The normalized spacial score (nSPS) is 11.0. The van der Waals surface area contributed by atoms with E-state index >= 15 is 0 Å². The van der Waals surface area contributed by atoms with E-state index in [2.05, 4.69) is 37.8 Å². The predicted octanol–water partition coefficient (Wildman–Crippen LogP) is 2.25. The van der Waals surface area contributed by atoms with Crippen LogP contribution >= 0.6 is 0 Å². The summed E-state index contributed by atoms with van der Waals surface area (Å²) in [6, 6.07) is 10.3. The molecule has 26 heavy (non-hydrogen) atoms. The second-order valence-corrected chi connectivity index (χ2v) is 6.44. The molecular formula is C19H24N6O. The van der Waals surface area contributed by atoms with E-state index in [0.717, 1.165) is 29.8 Å². The first-order chi connectivity index (χ1) is 12.6. The molecule has 0 aliphatic heterocycles. The fraction of sp³-hybridized carbons (Fsp3) is 0.368. The number of rotatable bonds is 8.